The largest absolute Gasteiger partial charge is 0.411 e. The molecule has 0 aromatic heterocycles. The van der Waals surface area contributed by atoms with Crippen LogP contribution < -0.4 is 0 Å². The van der Waals surface area contributed by atoms with Crippen molar-refractivity contribution in [2.75, 3.05) is 39.5 Å². The van der Waals surface area contributed by atoms with Gasteiger partial charge in [0, 0.05) is 13.1 Å². The number of carbonyl (C=O) groups is 1. The van der Waals surface area contributed by atoms with Gasteiger partial charge in [-0.25, -0.2) is 0 Å². The van der Waals surface area contributed by atoms with Gasteiger partial charge in [0.25, 0.3) is 0 Å². The predicted octanol–water partition coefficient (Wildman–Crippen LogP) is -0.231. The molecule has 0 saturated carbocycles. The highest BCUT2D eigenvalue weighted by Crippen LogP contribution is 2.14. The molecule has 8 heteroatoms. The Morgan fingerprint density at radius 1 is 1.18 bits per heavy atom. The Balaban J connectivity index is 3.81. The first-order valence-electron chi connectivity index (χ1n) is 5.04. The Kier molecular flexibility index (Phi) is 7.85. The van der Waals surface area contributed by atoms with Crippen molar-refractivity contribution >= 4 is 5.91 Å². The molecule has 0 saturated heterocycles. The smallest absolute Gasteiger partial charge is 0.395 e. The number of nitrogens with zero attached hydrogens (tertiary/aromatic N) is 1. The van der Waals surface area contributed by atoms with Crippen molar-refractivity contribution in [1.82, 2.24) is 4.90 Å². The molecule has 17 heavy (non-hydrogen) atoms. The summed E-state index contributed by atoms with van der Waals surface area (Å²) in [4.78, 5) is 12.6. The zero-order valence-corrected chi connectivity index (χ0v) is 9.24. The van der Waals surface area contributed by atoms with Gasteiger partial charge in [-0.2, -0.15) is 13.2 Å². The lowest BCUT2D eigenvalue weighted by molar-refractivity contribution is -0.175. The van der Waals surface area contributed by atoms with E-state index in [9.17, 15) is 18.0 Å². The zero-order valence-electron chi connectivity index (χ0n) is 9.24. The van der Waals surface area contributed by atoms with Crippen LogP contribution in [0.2, 0.25) is 0 Å². The Labute approximate surface area is 96.8 Å². The second-order valence-corrected chi connectivity index (χ2v) is 3.25. The van der Waals surface area contributed by atoms with Crippen molar-refractivity contribution < 1.29 is 32.9 Å². The van der Waals surface area contributed by atoms with E-state index in [2.05, 4.69) is 4.74 Å². The topological polar surface area (TPSA) is 70.0 Å². The van der Waals surface area contributed by atoms with Crippen LogP contribution >= 0.6 is 0 Å². The first-order valence-corrected chi connectivity index (χ1v) is 5.04. The van der Waals surface area contributed by atoms with Gasteiger partial charge >= 0.3 is 6.18 Å². The normalized spacial score (nSPS) is 11.6. The van der Waals surface area contributed by atoms with E-state index < -0.39 is 18.7 Å². The fourth-order valence-electron chi connectivity index (χ4n) is 1.11. The van der Waals surface area contributed by atoms with Crippen LogP contribution in [0.15, 0.2) is 0 Å². The minimum absolute atomic E-state index is 0.0403. The van der Waals surface area contributed by atoms with E-state index in [1.165, 1.54) is 0 Å². The molecular weight excluding hydrogens is 243 g/mol. The number of carbonyl (C=O) groups excluding carboxylic acids is 1. The molecule has 0 aliphatic heterocycles. The number of rotatable bonds is 8. The fraction of sp³-hybridized carbons (Fsp3) is 0.889. The lowest BCUT2D eigenvalue weighted by atomic mass is 10.3. The molecule has 0 aliphatic rings. The van der Waals surface area contributed by atoms with Crippen molar-refractivity contribution in [1.29, 1.82) is 0 Å². The molecule has 102 valence electrons. The van der Waals surface area contributed by atoms with E-state index in [4.69, 9.17) is 10.2 Å². The predicted molar refractivity (Wildman–Crippen MR) is 52.2 cm³/mol. The van der Waals surface area contributed by atoms with Gasteiger partial charge in [-0.1, -0.05) is 0 Å². The Morgan fingerprint density at radius 2 is 1.71 bits per heavy atom. The number of hydrogen-bond donors (Lipinski definition) is 2. The number of ether oxygens (including phenoxy) is 1. The van der Waals surface area contributed by atoms with Crippen LogP contribution in [0.1, 0.15) is 6.42 Å². The second kappa shape index (κ2) is 8.26. The van der Waals surface area contributed by atoms with Gasteiger partial charge in [0.2, 0.25) is 5.91 Å². The number of amides is 1. The molecule has 0 aromatic rings. The molecule has 5 nitrogen and oxygen atoms in total. The first kappa shape index (κ1) is 16.1. The molecule has 0 unspecified atom stereocenters. The van der Waals surface area contributed by atoms with E-state index >= 15 is 0 Å². The minimum Gasteiger partial charge on any atom is -0.395 e. The molecule has 0 heterocycles. The van der Waals surface area contributed by atoms with E-state index in [0.717, 1.165) is 4.90 Å². The summed E-state index contributed by atoms with van der Waals surface area (Å²) in [6, 6.07) is 0. The standard InChI is InChI=1S/C9H16F3NO4/c10-9(11,12)7-17-6-1-8(16)13(2-4-14)3-5-15/h14-15H,1-7H2. The maximum atomic E-state index is 11.7. The zero-order chi connectivity index (χ0) is 13.3. The van der Waals surface area contributed by atoms with Crippen molar-refractivity contribution in [3.63, 3.8) is 0 Å². The van der Waals surface area contributed by atoms with Gasteiger partial charge in [0.05, 0.1) is 26.2 Å². The van der Waals surface area contributed by atoms with Gasteiger partial charge < -0.3 is 19.8 Å². The third kappa shape index (κ3) is 8.90. The van der Waals surface area contributed by atoms with Crippen molar-refractivity contribution in [2.45, 2.75) is 12.6 Å². The molecular formula is C9H16F3NO4. The summed E-state index contributed by atoms with van der Waals surface area (Å²) < 4.78 is 39.4. The summed E-state index contributed by atoms with van der Waals surface area (Å²) in [6.45, 7) is -2.19. The maximum absolute atomic E-state index is 11.7. The van der Waals surface area contributed by atoms with Gasteiger partial charge in [-0.05, 0) is 0 Å². The maximum Gasteiger partial charge on any atom is 0.411 e. The Bertz CT molecular complexity index is 217. The Morgan fingerprint density at radius 3 is 2.12 bits per heavy atom. The minimum atomic E-state index is -4.40. The number of hydrogen-bond acceptors (Lipinski definition) is 4. The van der Waals surface area contributed by atoms with Crippen LogP contribution in [-0.2, 0) is 9.53 Å². The number of halogens is 3. The summed E-state index contributed by atoms with van der Waals surface area (Å²) in [5.41, 5.74) is 0. The van der Waals surface area contributed by atoms with Crippen molar-refractivity contribution in [3.05, 3.63) is 0 Å². The van der Waals surface area contributed by atoms with Crippen LogP contribution in [-0.4, -0.2) is 66.7 Å². The Hall–Kier alpha value is -0.860. The third-order valence-corrected chi connectivity index (χ3v) is 1.82. The van der Waals surface area contributed by atoms with E-state index in [1.807, 2.05) is 0 Å². The number of alkyl halides is 3. The van der Waals surface area contributed by atoms with Gasteiger partial charge in [-0.15, -0.1) is 0 Å². The average molecular weight is 259 g/mol. The average Bonchev–Trinajstić information content (AvgIpc) is 2.22. The summed E-state index contributed by atoms with van der Waals surface area (Å²) in [6.07, 6.45) is -4.62. The molecule has 0 bridgehead atoms. The molecule has 0 radical (unpaired) electrons. The van der Waals surface area contributed by atoms with Gasteiger partial charge in [-0.3, -0.25) is 4.79 Å². The van der Waals surface area contributed by atoms with Crippen LogP contribution in [0.5, 0.6) is 0 Å². The molecule has 2 N–H and O–H groups in total. The van der Waals surface area contributed by atoms with E-state index in [1.54, 1.807) is 0 Å². The quantitative estimate of drug-likeness (QED) is 0.591. The highest BCUT2D eigenvalue weighted by Gasteiger charge is 2.27. The van der Waals surface area contributed by atoms with Gasteiger partial charge in [0.1, 0.15) is 6.61 Å². The highest BCUT2D eigenvalue weighted by molar-refractivity contribution is 5.76. The van der Waals surface area contributed by atoms with Crippen LogP contribution in [0.25, 0.3) is 0 Å². The third-order valence-electron chi connectivity index (χ3n) is 1.82. The fourth-order valence-corrected chi connectivity index (χ4v) is 1.11. The molecule has 1 amide bonds. The van der Waals surface area contributed by atoms with Crippen LogP contribution in [0.3, 0.4) is 0 Å². The molecule has 0 fully saturated rings. The van der Waals surface area contributed by atoms with Crippen molar-refractivity contribution in [2.24, 2.45) is 0 Å². The second-order valence-electron chi connectivity index (χ2n) is 3.25. The summed E-state index contributed by atoms with van der Waals surface area (Å²) in [7, 11) is 0. The van der Waals surface area contributed by atoms with Crippen LogP contribution in [0.4, 0.5) is 13.2 Å². The summed E-state index contributed by atoms with van der Waals surface area (Å²) in [5, 5.41) is 17.3. The van der Waals surface area contributed by atoms with Crippen molar-refractivity contribution in [3.8, 4) is 0 Å². The lowest BCUT2D eigenvalue weighted by Crippen LogP contribution is -2.36. The summed E-state index contributed by atoms with van der Waals surface area (Å²) >= 11 is 0. The number of aliphatic hydroxyl groups excluding tert-OH is 2. The molecule has 0 spiro atoms. The van der Waals surface area contributed by atoms with Crippen LogP contribution in [0, 0.1) is 0 Å². The molecule has 0 aromatic carbocycles. The SMILES string of the molecule is O=C(CCOCC(F)(F)F)N(CCO)CCO. The van der Waals surface area contributed by atoms with E-state index in [0.29, 0.717) is 0 Å². The summed E-state index contributed by atoms with van der Waals surface area (Å²) in [5.74, 6) is -0.463. The lowest BCUT2D eigenvalue weighted by Gasteiger charge is -2.20. The molecule has 0 rings (SSSR count). The monoisotopic (exact) mass is 259 g/mol. The first-order chi connectivity index (χ1) is 7.90. The molecule has 0 atom stereocenters. The number of aliphatic hydroxyl groups is 2. The van der Waals surface area contributed by atoms with E-state index in [-0.39, 0.29) is 39.3 Å². The highest BCUT2D eigenvalue weighted by atomic mass is 19.4. The molecule has 0 aliphatic carbocycles. The van der Waals surface area contributed by atoms with Gasteiger partial charge in [0.15, 0.2) is 0 Å².